The zero-order valence-electron chi connectivity index (χ0n) is 32.6. The maximum Gasteiger partial charge on any atom is 0.275 e. The Morgan fingerprint density at radius 2 is 0.688 bits per heavy atom. The summed E-state index contributed by atoms with van der Waals surface area (Å²) >= 11 is 0. The maximum atomic E-state index is 12.6. The Morgan fingerprint density at radius 3 is 0.979 bits per heavy atom. The zero-order chi connectivity index (χ0) is 35.6. The topological polar surface area (TPSA) is 98.7 Å². The number of unbranched alkanes of at least 4 members (excludes halogenated alkanes) is 21. The Kier molecular flexibility index (Phi) is 32.1. The fourth-order valence-electron chi connectivity index (χ4n) is 6.85. The van der Waals surface area contributed by atoms with Crippen LogP contribution >= 0.6 is 0 Å². The van der Waals surface area contributed by atoms with Crippen molar-refractivity contribution in [1.82, 2.24) is 10.6 Å². The Bertz CT molecular complexity index is 680. The van der Waals surface area contributed by atoms with Gasteiger partial charge in [-0.25, -0.2) is 0 Å². The lowest BCUT2D eigenvalue weighted by Gasteiger charge is -2.33. The predicted molar refractivity (Wildman–Crippen MR) is 204 cm³/mol. The first kappa shape index (κ1) is 46.8. The molecule has 0 aliphatic rings. The van der Waals surface area contributed by atoms with Gasteiger partial charge in [0, 0.05) is 13.1 Å². The maximum absolute atomic E-state index is 12.6. The lowest BCUT2D eigenvalue weighted by molar-refractivity contribution is -0.902. The van der Waals surface area contributed by atoms with Crippen LogP contribution in [0, 0.1) is 0 Å². The third-order valence-electron chi connectivity index (χ3n) is 10.2. The van der Waals surface area contributed by atoms with Crippen LogP contribution in [0.25, 0.3) is 0 Å². The summed E-state index contributed by atoms with van der Waals surface area (Å²) in [4.78, 5) is 25.2. The number of hydrogen-bond donors (Lipinski definition) is 4. The molecule has 8 nitrogen and oxygen atoms in total. The Hall–Kier alpha value is -1.22. The summed E-state index contributed by atoms with van der Waals surface area (Å²) in [6, 6.07) is 0. The van der Waals surface area contributed by atoms with E-state index in [2.05, 4.69) is 38.6 Å². The fraction of sp³-hybridized carbons (Fsp3) is 0.950. The molecule has 48 heavy (non-hydrogen) atoms. The lowest BCUT2D eigenvalue weighted by Crippen LogP contribution is -2.52. The lowest BCUT2D eigenvalue weighted by atomic mass is 10.1. The molecule has 0 heterocycles. The van der Waals surface area contributed by atoms with E-state index in [4.69, 9.17) is 0 Å². The summed E-state index contributed by atoms with van der Waals surface area (Å²) in [7, 11) is 4.21. The molecule has 0 saturated carbocycles. The molecule has 0 aromatic carbocycles. The van der Waals surface area contributed by atoms with E-state index in [9.17, 15) is 19.8 Å². The van der Waals surface area contributed by atoms with Gasteiger partial charge in [0.05, 0.1) is 40.4 Å². The molecule has 0 bridgehead atoms. The molecule has 0 aliphatic heterocycles. The first-order valence-corrected chi connectivity index (χ1v) is 20.7. The fourth-order valence-corrected chi connectivity index (χ4v) is 6.85. The van der Waals surface area contributed by atoms with Crippen molar-refractivity contribution in [3.8, 4) is 0 Å². The molecule has 0 saturated heterocycles. The number of amides is 2. The van der Waals surface area contributed by atoms with E-state index >= 15 is 0 Å². The number of quaternary nitrogens is 2. The Labute approximate surface area is 298 Å². The predicted octanol–water partition coefficient (Wildman–Crippen LogP) is 7.50. The van der Waals surface area contributed by atoms with Gasteiger partial charge < -0.3 is 29.8 Å². The second-order valence-corrected chi connectivity index (χ2v) is 15.4. The second kappa shape index (κ2) is 33.0. The van der Waals surface area contributed by atoms with Crippen molar-refractivity contribution in [2.24, 2.45) is 0 Å². The van der Waals surface area contributed by atoms with Gasteiger partial charge in [-0.3, -0.25) is 9.59 Å². The molecule has 0 aromatic heterocycles. The summed E-state index contributed by atoms with van der Waals surface area (Å²) in [5.41, 5.74) is 0. The third-order valence-corrected chi connectivity index (χ3v) is 10.2. The highest BCUT2D eigenvalue weighted by Gasteiger charge is 2.25. The van der Waals surface area contributed by atoms with Crippen LogP contribution in [0.2, 0.25) is 0 Å². The Morgan fingerprint density at radius 1 is 0.417 bits per heavy atom. The van der Waals surface area contributed by atoms with Gasteiger partial charge in [0.15, 0.2) is 13.1 Å². The van der Waals surface area contributed by atoms with Gasteiger partial charge in [-0.05, 0) is 38.5 Å². The van der Waals surface area contributed by atoms with Crippen LogP contribution < -0.4 is 10.6 Å². The number of nitrogens with one attached hydrogen (secondary N) is 2. The van der Waals surface area contributed by atoms with Crippen molar-refractivity contribution in [3.63, 3.8) is 0 Å². The van der Waals surface area contributed by atoms with Crippen molar-refractivity contribution in [1.29, 1.82) is 0 Å². The molecule has 0 aliphatic carbocycles. The molecule has 2 atom stereocenters. The van der Waals surface area contributed by atoms with E-state index in [-0.39, 0.29) is 25.0 Å². The van der Waals surface area contributed by atoms with Gasteiger partial charge in [0.2, 0.25) is 0 Å². The molecule has 2 unspecified atom stereocenters. The van der Waals surface area contributed by atoms with Crippen LogP contribution in [0.15, 0.2) is 0 Å². The monoisotopic (exact) mass is 685 g/mol. The molecule has 286 valence electrons. The average Bonchev–Trinajstić information content (AvgIpc) is 3.04. The smallest absolute Gasteiger partial charge is 0.275 e. The molecular formula is C40H84N4O4+2. The number of aliphatic hydroxyl groups excluding tert-OH is 2. The molecule has 4 N–H and O–H groups in total. The number of carbonyl (C=O) groups excluding carboxylic acids is 2. The van der Waals surface area contributed by atoms with Gasteiger partial charge in [-0.2, -0.15) is 0 Å². The second-order valence-electron chi connectivity index (χ2n) is 15.4. The van der Waals surface area contributed by atoms with E-state index in [0.717, 1.165) is 51.9 Å². The highest BCUT2D eigenvalue weighted by molar-refractivity contribution is 5.77. The Balaban J connectivity index is 4.01. The summed E-state index contributed by atoms with van der Waals surface area (Å²) in [5.74, 6) is 0.226. The van der Waals surface area contributed by atoms with Gasteiger partial charge in [0.1, 0.15) is 13.1 Å². The van der Waals surface area contributed by atoms with Crippen molar-refractivity contribution in [3.05, 3.63) is 0 Å². The number of nitrogens with zero attached hydrogens (tertiary/aromatic N) is 2. The van der Waals surface area contributed by atoms with Crippen LogP contribution in [0.5, 0.6) is 0 Å². The van der Waals surface area contributed by atoms with Crippen LogP contribution in [-0.2, 0) is 9.59 Å². The number of carbonyl (C=O) groups is 2. The normalized spacial score (nSPS) is 14.0. The first-order chi connectivity index (χ1) is 23.2. The summed E-state index contributed by atoms with van der Waals surface area (Å²) in [6.45, 7) is 10.3. The number of aliphatic hydroxyl groups is 2. The van der Waals surface area contributed by atoms with Crippen molar-refractivity contribution < 1.29 is 28.8 Å². The van der Waals surface area contributed by atoms with E-state index in [1.54, 1.807) is 0 Å². The van der Waals surface area contributed by atoms with E-state index in [1.165, 1.54) is 128 Å². The molecule has 2 amide bonds. The summed E-state index contributed by atoms with van der Waals surface area (Å²) in [5, 5.41) is 25.5. The molecule has 0 radical (unpaired) electrons. The average molecular weight is 685 g/mol. The standard InChI is InChI=1S/C40H82N4O4/c1-5-7-9-11-13-17-21-25-29-41-39(47)37-43(3,33-35-45)31-27-23-19-15-16-20-24-28-32-44(4,34-36-46)38-40(48)42-30-26-22-18-14-12-10-8-6-2/h45-46H,5-38H2,1-4H3/p+2. The van der Waals surface area contributed by atoms with E-state index in [1.807, 2.05) is 0 Å². The number of hydrogen-bond acceptors (Lipinski definition) is 4. The minimum atomic E-state index is 0.113. The zero-order valence-corrected chi connectivity index (χ0v) is 32.6. The molecule has 0 aromatic rings. The van der Waals surface area contributed by atoms with Crippen LogP contribution in [0.1, 0.15) is 168 Å². The number of rotatable bonds is 37. The van der Waals surface area contributed by atoms with Crippen LogP contribution in [0.3, 0.4) is 0 Å². The summed E-state index contributed by atoms with van der Waals surface area (Å²) in [6.07, 6.45) is 29.7. The van der Waals surface area contributed by atoms with Crippen molar-refractivity contribution >= 4 is 11.8 Å². The van der Waals surface area contributed by atoms with Gasteiger partial charge in [-0.15, -0.1) is 0 Å². The number of likely N-dealkylation sites (N-methyl/N-ethyl adjacent to an activating group) is 2. The van der Waals surface area contributed by atoms with Gasteiger partial charge in [0.25, 0.3) is 11.8 Å². The van der Waals surface area contributed by atoms with Crippen LogP contribution in [-0.4, -0.2) is 111 Å². The highest BCUT2D eigenvalue weighted by Crippen LogP contribution is 2.14. The van der Waals surface area contributed by atoms with Crippen molar-refractivity contribution in [2.45, 2.75) is 168 Å². The third kappa shape index (κ3) is 29.7. The van der Waals surface area contributed by atoms with Crippen molar-refractivity contribution in [2.75, 3.05) is 79.7 Å². The quantitative estimate of drug-likeness (QED) is 0.0403. The van der Waals surface area contributed by atoms with E-state index in [0.29, 0.717) is 35.1 Å². The SMILES string of the molecule is CCCCCCCCCCNC(=O)C[N+](C)(CCO)CCCCCCCCCC[N+](C)(CCO)CC(=O)NCCCCCCCCCC. The largest absolute Gasteiger partial charge is 0.391 e. The molecule has 0 fully saturated rings. The molecule has 8 heteroatoms. The minimum absolute atomic E-state index is 0.113. The molecule has 0 spiro atoms. The molecule has 0 rings (SSSR count). The van der Waals surface area contributed by atoms with Crippen LogP contribution in [0.4, 0.5) is 0 Å². The highest BCUT2D eigenvalue weighted by atomic mass is 16.3. The minimum Gasteiger partial charge on any atom is -0.391 e. The summed E-state index contributed by atoms with van der Waals surface area (Å²) < 4.78 is 1.23. The van der Waals surface area contributed by atoms with E-state index < -0.39 is 0 Å². The van der Waals surface area contributed by atoms with Gasteiger partial charge in [-0.1, -0.05) is 129 Å². The molecular weight excluding hydrogens is 600 g/mol. The van der Waals surface area contributed by atoms with Gasteiger partial charge >= 0.3 is 0 Å². The first-order valence-electron chi connectivity index (χ1n) is 20.7.